The van der Waals surface area contributed by atoms with Gasteiger partial charge in [0.1, 0.15) is 25.4 Å². The molecule has 0 aliphatic heterocycles. The lowest BCUT2D eigenvalue weighted by molar-refractivity contribution is -0.161. The Balaban J connectivity index is 4.65. The van der Waals surface area contributed by atoms with Crippen LogP contribution in [0.4, 0.5) is 0 Å². The van der Waals surface area contributed by atoms with Crippen LogP contribution in [0.15, 0.2) is 207 Å². The quantitative estimate of drug-likeness (QED) is 0.0146. The third-order valence-corrected chi connectivity index (χ3v) is 17.9. The lowest BCUT2D eigenvalue weighted by Crippen LogP contribution is -2.29. The van der Waals surface area contributed by atoms with E-state index in [4.69, 9.17) is 32.3 Å². The summed E-state index contributed by atoms with van der Waals surface area (Å²) in [6.07, 6.45) is 106. The molecule has 0 aromatic heterocycles. The summed E-state index contributed by atoms with van der Waals surface area (Å²) < 4.78 is 61.1. The van der Waals surface area contributed by atoms with Crippen LogP contribution in [-0.4, -0.2) is 95.9 Å². The molecule has 4 N–H and O–H groups in total. The van der Waals surface area contributed by atoms with Gasteiger partial charge in [-0.2, -0.15) is 0 Å². The van der Waals surface area contributed by atoms with Gasteiger partial charge in [-0.1, -0.05) is 311 Å². The van der Waals surface area contributed by atoms with E-state index < -0.39 is 91.5 Å². The normalized spacial score (nSPS) is 15.0. The van der Waals surface area contributed by atoms with Gasteiger partial charge in [0.05, 0.1) is 26.4 Å². The maximum absolute atomic E-state index is 13.0. The number of hydrogen-bond acceptors (Lipinski definition) is 14. The van der Waals surface area contributed by atoms with Crippen LogP contribution >= 0.6 is 15.6 Å². The number of esters is 3. The van der Waals surface area contributed by atoms with Gasteiger partial charge in [0.2, 0.25) is 0 Å². The average Bonchev–Trinajstić information content (AvgIpc) is 0.906. The van der Waals surface area contributed by atoms with Gasteiger partial charge in [0, 0.05) is 19.3 Å². The van der Waals surface area contributed by atoms with Gasteiger partial charge in [-0.25, -0.2) is 9.13 Å². The third-order valence-electron chi connectivity index (χ3n) is 16.0. The van der Waals surface area contributed by atoms with Crippen LogP contribution < -0.4 is 0 Å². The Kier molecular flexibility index (Phi) is 75.3. The molecule has 0 rings (SSSR count). The first-order valence-corrected chi connectivity index (χ1v) is 43.4. The molecule has 0 bridgehead atoms. The number of unbranched alkanes of at least 4 members (excludes halogenated alkanes) is 17. The first kappa shape index (κ1) is 101. The molecule has 18 heteroatoms. The van der Waals surface area contributed by atoms with E-state index in [0.717, 1.165) is 161 Å². The number of phosphoric ester groups is 2. The monoisotopic (exact) mass is 1530 g/mol. The molecular formula is C89H142O16P2. The summed E-state index contributed by atoms with van der Waals surface area (Å²) in [7, 11) is -9.84. The first-order chi connectivity index (χ1) is 52.2. The topological polar surface area (TPSA) is 231 Å². The predicted octanol–water partition coefficient (Wildman–Crippen LogP) is 24.1. The Morgan fingerprint density at radius 1 is 0.262 bits per heavy atom. The zero-order valence-corrected chi connectivity index (χ0v) is 67.8. The van der Waals surface area contributed by atoms with Crippen LogP contribution in [0.25, 0.3) is 0 Å². The fourth-order valence-corrected chi connectivity index (χ4v) is 11.6. The van der Waals surface area contributed by atoms with E-state index >= 15 is 0 Å². The molecule has 107 heavy (non-hydrogen) atoms. The van der Waals surface area contributed by atoms with Crippen molar-refractivity contribution in [3.63, 3.8) is 0 Å². The number of phosphoric acid groups is 2. The van der Waals surface area contributed by atoms with Crippen molar-refractivity contribution in [2.75, 3.05) is 39.6 Å². The summed E-state index contributed by atoms with van der Waals surface area (Å²) in [5.74, 6) is -1.71. The molecule has 5 unspecified atom stereocenters. The molecule has 0 aromatic rings. The molecule has 0 saturated heterocycles. The zero-order valence-electron chi connectivity index (χ0n) is 66.0. The molecule has 604 valence electrons. The molecule has 0 aliphatic rings. The van der Waals surface area contributed by atoms with Crippen molar-refractivity contribution in [3.8, 4) is 0 Å². The number of ether oxygens (including phenoxy) is 3. The highest BCUT2D eigenvalue weighted by molar-refractivity contribution is 7.47. The highest BCUT2D eigenvalue weighted by atomic mass is 31.2. The van der Waals surface area contributed by atoms with Crippen LogP contribution in [-0.2, 0) is 55.8 Å². The number of aliphatic hydroxyl groups excluding tert-OH is 2. The lowest BCUT2D eigenvalue weighted by atomic mass is 10.0. The molecule has 0 radical (unpaired) electrons. The number of aliphatic hydroxyl groups is 2. The Hall–Kier alpha value is -5.87. The second kappa shape index (κ2) is 79.7. The standard InChI is InChI=1S/C89H142O16P2/c1-4-7-10-13-16-19-22-25-28-31-34-36-37-38-39-40-41-42-43-44-45-47-50-51-54-57-60-63-66-69-72-75-87(92)99-78-84(90)79-101-106(95,96)102-80-85(91)81-103-107(97,98)104-83-86(105-89(94)77-74-71-68-65-62-59-56-53-48-33-30-27-24-21-18-15-12-9-6-3)82-100-88(93)76-73-70-67-64-61-58-55-52-49-46-35-32-29-26-23-20-17-14-11-8-5-2/h7-12,16-21,25-30,34-36,38-39,41-42,46,48,52-53,55,59,62,68,71,84-86,90-91H,4-6,13-15,22-24,31-33,37,40,43-45,47,49-51,54,56-58,60-61,63-67,69-70,72-83H2,1-3H3,(H,95,96)(H,97,98)/b10-7-,11-8-,12-9-,19-16-,20-17-,21-18-,28-25-,29-26-,30-27-,36-34-,39-38-,42-41-,46-35-,53-48-,55-52-,62-59-,71-68-. The van der Waals surface area contributed by atoms with Crippen molar-refractivity contribution in [3.05, 3.63) is 207 Å². The van der Waals surface area contributed by atoms with Crippen molar-refractivity contribution in [1.29, 1.82) is 0 Å². The Morgan fingerprint density at radius 3 is 0.776 bits per heavy atom. The maximum Gasteiger partial charge on any atom is 0.472 e. The van der Waals surface area contributed by atoms with Gasteiger partial charge in [-0.15, -0.1) is 0 Å². The number of allylic oxidation sites excluding steroid dienone is 34. The van der Waals surface area contributed by atoms with E-state index in [1.54, 1.807) is 0 Å². The Labute approximate surface area is 648 Å². The highest BCUT2D eigenvalue weighted by Gasteiger charge is 2.29. The van der Waals surface area contributed by atoms with E-state index in [9.17, 15) is 43.5 Å². The summed E-state index contributed by atoms with van der Waals surface area (Å²) in [5, 5.41) is 20.7. The molecular weight excluding hydrogens is 1390 g/mol. The van der Waals surface area contributed by atoms with Gasteiger partial charge < -0.3 is 34.2 Å². The van der Waals surface area contributed by atoms with Gasteiger partial charge in [-0.05, 0) is 154 Å². The van der Waals surface area contributed by atoms with E-state index in [-0.39, 0.29) is 19.3 Å². The second-order valence-corrected chi connectivity index (χ2v) is 29.0. The number of hydrogen-bond donors (Lipinski definition) is 4. The van der Waals surface area contributed by atoms with Gasteiger partial charge in [0.15, 0.2) is 6.10 Å². The highest BCUT2D eigenvalue weighted by Crippen LogP contribution is 2.45. The molecule has 5 atom stereocenters. The van der Waals surface area contributed by atoms with Crippen molar-refractivity contribution in [1.82, 2.24) is 0 Å². The average molecular weight is 1530 g/mol. The van der Waals surface area contributed by atoms with Crippen molar-refractivity contribution < 1.29 is 75.8 Å². The molecule has 16 nitrogen and oxygen atoms in total. The molecule has 0 aromatic carbocycles. The molecule has 0 spiro atoms. The minimum Gasteiger partial charge on any atom is -0.463 e. The van der Waals surface area contributed by atoms with Gasteiger partial charge >= 0.3 is 33.6 Å². The Bertz CT molecular complexity index is 2770. The van der Waals surface area contributed by atoms with E-state index in [0.29, 0.717) is 25.7 Å². The lowest BCUT2D eigenvalue weighted by Gasteiger charge is -2.21. The van der Waals surface area contributed by atoms with E-state index in [1.807, 2.05) is 18.2 Å². The fourth-order valence-electron chi connectivity index (χ4n) is 9.98. The van der Waals surface area contributed by atoms with Crippen LogP contribution in [0.2, 0.25) is 0 Å². The summed E-state index contributed by atoms with van der Waals surface area (Å²) in [5.41, 5.74) is 0. The fraction of sp³-hybridized carbons (Fsp3) is 0.584. The summed E-state index contributed by atoms with van der Waals surface area (Å²) in [6, 6.07) is 0. The smallest absolute Gasteiger partial charge is 0.463 e. The number of rotatable bonds is 74. The maximum atomic E-state index is 13.0. The molecule has 0 amide bonds. The SMILES string of the molecule is CC/C=C\C/C=C\C/C=C\C/C=C\C/C=C\C/C=C\CCCCCCCCCCCCCCC(=O)OCC(O)COP(=O)(O)OCC(O)COP(=O)(O)OCC(COC(=O)CCCCCCC/C=C\C/C=C\C/C=C\C/C=C\C/C=C\CC)OC(=O)CC/C=C\C/C=C\C/C=C\C/C=C\C/C=C\C/C=C\CC. The minimum absolute atomic E-state index is 0.0335. The number of carbonyl (C=O) groups is 3. The van der Waals surface area contributed by atoms with Crippen molar-refractivity contribution in [2.24, 2.45) is 0 Å². The second-order valence-electron chi connectivity index (χ2n) is 26.1. The zero-order chi connectivity index (χ0) is 78.0. The van der Waals surface area contributed by atoms with Crippen LogP contribution in [0.1, 0.15) is 278 Å². The number of carbonyl (C=O) groups excluding carboxylic acids is 3. The minimum atomic E-state index is -4.97. The van der Waals surface area contributed by atoms with Crippen molar-refractivity contribution >= 4 is 33.6 Å². The summed E-state index contributed by atoms with van der Waals surface area (Å²) in [4.78, 5) is 58.7. The molecule has 0 aliphatic carbocycles. The Morgan fingerprint density at radius 2 is 0.486 bits per heavy atom. The van der Waals surface area contributed by atoms with Crippen LogP contribution in [0.3, 0.4) is 0 Å². The summed E-state index contributed by atoms with van der Waals surface area (Å²) >= 11 is 0. The molecule has 0 heterocycles. The summed E-state index contributed by atoms with van der Waals surface area (Å²) in [6.45, 7) is 2.20. The molecule has 0 saturated carbocycles. The molecule has 0 fully saturated rings. The van der Waals surface area contributed by atoms with Gasteiger partial charge in [0.25, 0.3) is 0 Å². The van der Waals surface area contributed by atoms with E-state index in [2.05, 4.69) is 209 Å². The first-order valence-electron chi connectivity index (χ1n) is 40.4. The van der Waals surface area contributed by atoms with Crippen LogP contribution in [0, 0.1) is 0 Å². The predicted molar refractivity (Wildman–Crippen MR) is 444 cm³/mol. The van der Waals surface area contributed by atoms with Crippen LogP contribution in [0.5, 0.6) is 0 Å². The largest absolute Gasteiger partial charge is 0.472 e. The van der Waals surface area contributed by atoms with E-state index in [1.165, 1.54) is 51.4 Å². The third kappa shape index (κ3) is 81.0. The van der Waals surface area contributed by atoms with Gasteiger partial charge in [-0.3, -0.25) is 32.5 Å². The van der Waals surface area contributed by atoms with Crippen molar-refractivity contribution in [2.45, 2.75) is 296 Å².